The summed E-state index contributed by atoms with van der Waals surface area (Å²) in [5.74, 6) is 0. The maximum Gasteiger partial charge on any atom is 0.0714 e. The van der Waals surface area contributed by atoms with Crippen molar-refractivity contribution in [2.75, 3.05) is 0 Å². The lowest BCUT2D eigenvalue weighted by atomic mass is 9.67. The second-order valence-corrected chi connectivity index (χ2v) is 15.1. The number of hydrogen-bond acceptors (Lipinski definition) is 1. The molecule has 0 bridgehead atoms. The summed E-state index contributed by atoms with van der Waals surface area (Å²) in [6.45, 7) is 2.27. The monoisotopic (exact) mass is 680 g/mol. The quantitative estimate of drug-likeness (QED) is 0.153. The zero-order valence-corrected chi connectivity index (χ0v) is 29.8. The van der Waals surface area contributed by atoms with Gasteiger partial charge in [-0.05, 0) is 104 Å². The van der Waals surface area contributed by atoms with Crippen molar-refractivity contribution in [3.05, 3.63) is 226 Å². The van der Waals surface area contributed by atoms with E-state index in [-0.39, 0.29) is 0 Å². The Morgan fingerprint density at radius 3 is 1.88 bits per heavy atom. The van der Waals surface area contributed by atoms with Crippen molar-refractivity contribution in [2.45, 2.75) is 18.8 Å². The molecule has 0 nitrogen and oxygen atoms in total. The minimum absolute atomic E-state index is 0.477. The Morgan fingerprint density at radius 2 is 1.15 bits per heavy atom. The van der Waals surface area contributed by atoms with Gasteiger partial charge in [-0.3, -0.25) is 0 Å². The van der Waals surface area contributed by atoms with Crippen LogP contribution in [0.2, 0.25) is 0 Å². The molecule has 0 spiro atoms. The van der Waals surface area contributed by atoms with Crippen LogP contribution in [0.15, 0.2) is 182 Å². The van der Waals surface area contributed by atoms with Crippen LogP contribution in [0.4, 0.5) is 0 Å². The molecule has 0 saturated carbocycles. The van der Waals surface area contributed by atoms with Gasteiger partial charge in [-0.15, -0.1) is 11.3 Å². The number of hydrogen-bond donors (Lipinski definition) is 0. The zero-order chi connectivity index (χ0) is 34.6. The van der Waals surface area contributed by atoms with Crippen molar-refractivity contribution in [1.29, 1.82) is 0 Å². The fourth-order valence-electron chi connectivity index (χ4n) is 8.92. The average molecular weight is 681 g/mol. The van der Waals surface area contributed by atoms with Crippen LogP contribution in [0.25, 0.3) is 53.7 Å². The SMILES string of the molecule is Cc1cc2c(c3ccccc13)-c1ccc(/C=C(/Cc3ccccc3)c3cccc4sc5ccccc5c34)cc1C2(c1ccccc1)c1ccccc1. The maximum absolute atomic E-state index is 2.50. The summed E-state index contributed by atoms with van der Waals surface area (Å²) >= 11 is 1.88. The minimum atomic E-state index is -0.477. The summed E-state index contributed by atoms with van der Waals surface area (Å²) in [6.07, 6.45) is 3.30. The number of allylic oxidation sites excluding steroid dienone is 1. The molecule has 1 aliphatic carbocycles. The summed E-state index contributed by atoms with van der Waals surface area (Å²) in [5, 5.41) is 5.31. The van der Waals surface area contributed by atoms with E-state index in [9.17, 15) is 0 Å². The molecule has 10 rings (SSSR count). The molecule has 0 N–H and O–H groups in total. The normalized spacial score (nSPS) is 13.4. The van der Waals surface area contributed by atoms with Crippen LogP contribution in [0.5, 0.6) is 0 Å². The standard InChI is InChI=1S/C51H36S/c1-34-30-46-49(42-23-12-11-22-40(34)42)43-29-28-36(33-45(43)51(46,38-18-7-3-8-19-38)39-20-9-4-10-21-39)32-37(31-35-16-5-2-6-17-35)41-25-15-27-48-50(41)44-24-13-14-26-47(44)52-48/h2-30,32-33H,31H2,1H3/b37-32-. The van der Waals surface area contributed by atoms with Crippen LogP contribution in [0.1, 0.15) is 44.5 Å². The van der Waals surface area contributed by atoms with E-state index in [1.165, 1.54) is 92.2 Å². The Bertz CT molecular complexity index is 2760. The third kappa shape index (κ3) is 4.74. The molecule has 1 heterocycles. The van der Waals surface area contributed by atoms with Gasteiger partial charge in [-0.1, -0.05) is 170 Å². The first-order chi connectivity index (χ1) is 25.7. The summed E-state index contributed by atoms with van der Waals surface area (Å²) < 4.78 is 2.66. The van der Waals surface area contributed by atoms with Gasteiger partial charge >= 0.3 is 0 Å². The number of rotatable bonds is 6. The van der Waals surface area contributed by atoms with E-state index >= 15 is 0 Å². The Morgan fingerprint density at radius 1 is 0.538 bits per heavy atom. The average Bonchev–Trinajstić information content (AvgIpc) is 3.72. The molecular formula is C51H36S. The van der Waals surface area contributed by atoms with Gasteiger partial charge in [0.25, 0.3) is 0 Å². The van der Waals surface area contributed by atoms with Crippen LogP contribution in [-0.2, 0) is 11.8 Å². The lowest BCUT2D eigenvalue weighted by Gasteiger charge is -2.34. The van der Waals surface area contributed by atoms with Gasteiger partial charge in [0.05, 0.1) is 5.41 Å². The first kappa shape index (κ1) is 30.8. The molecule has 9 aromatic rings. The molecule has 0 atom stereocenters. The Kier molecular flexibility index (Phi) is 7.30. The number of aryl methyl sites for hydroxylation is 1. The molecule has 0 fully saturated rings. The van der Waals surface area contributed by atoms with Gasteiger partial charge in [0, 0.05) is 20.2 Å². The summed E-state index contributed by atoms with van der Waals surface area (Å²) in [7, 11) is 0. The van der Waals surface area contributed by atoms with Crippen molar-refractivity contribution in [2.24, 2.45) is 0 Å². The number of fused-ring (bicyclic) bond motifs is 8. The highest BCUT2D eigenvalue weighted by molar-refractivity contribution is 7.25. The molecule has 52 heavy (non-hydrogen) atoms. The maximum atomic E-state index is 2.50. The van der Waals surface area contributed by atoms with E-state index < -0.39 is 5.41 Å². The third-order valence-electron chi connectivity index (χ3n) is 11.1. The Labute approximate surface area is 309 Å². The zero-order valence-electron chi connectivity index (χ0n) is 29.0. The van der Waals surface area contributed by atoms with Crippen LogP contribution >= 0.6 is 11.3 Å². The molecule has 246 valence electrons. The van der Waals surface area contributed by atoms with Gasteiger partial charge in [-0.2, -0.15) is 0 Å². The number of benzene rings is 8. The molecule has 0 aliphatic heterocycles. The van der Waals surface area contributed by atoms with Gasteiger partial charge in [0.1, 0.15) is 0 Å². The molecule has 1 aromatic heterocycles. The smallest absolute Gasteiger partial charge is 0.0714 e. The molecule has 0 saturated heterocycles. The van der Waals surface area contributed by atoms with Gasteiger partial charge in [0.15, 0.2) is 0 Å². The van der Waals surface area contributed by atoms with Gasteiger partial charge in [-0.25, -0.2) is 0 Å². The highest BCUT2D eigenvalue weighted by atomic mass is 32.1. The second-order valence-electron chi connectivity index (χ2n) is 14.1. The molecule has 0 unspecified atom stereocenters. The first-order valence-corrected chi connectivity index (χ1v) is 19.0. The largest absolute Gasteiger partial charge is 0.135 e. The van der Waals surface area contributed by atoms with Crippen molar-refractivity contribution in [3.63, 3.8) is 0 Å². The first-order valence-electron chi connectivity index (χ1n) is 18.1. The van der Waals surface area contributed by atoms with Crippen molar-refractivity contribution >= 4 is 53.9 Å². The van der Waals surface area contributed by atoms with E-state index in [1.54, 1.807) is 0 Å². The van der Waals surface area contributed by atoms with E-state index in [4.69, 9.17) is 0 Å². The predicted octanol–water partition coefficient (Wildman–Crippen LogP) is 13.7. The summed E-state index contributed by atoms with van der Waals surface area (Å²) in [5.41, 5.74) is 13.9. The summed E-state index contributed by atoms with van der Waals surface area (Å²) in [4.78, 5) is 0. The van der Waals surface area contributed by atoms with Crippen LogP contribution in [0.3, 0.4) is 0 Å². The fraction of sp³-hybridized carbons (Fsp3) is 0.0588. The molecule has 8 aromatic carbocycles. The molecular weight excluding hydrogens is 645 g/mol. The Balaban J connectivity index is 1.28. The second kappa shape index (κ2) is 12.3. The van der Waals surface area contributed by atoms with Crippen LogP contribution in [0, 0.1) is 6.92 Å². The van der Waals surface area contributed by atoms with E-state index in [1.807, 2.05) is 11.3 Å². The molecule has 0 amide bonds. The van der Waals surface area contributed by atoms with Crippen molar-refractivity contribution in [1.82, 2.24) is 0 Å². The molecule has 0 radical (unpaired) electrons. The minimum Gasteiger partial charge on any atom is -0.135 e. The van der Waals surface area contributed by atoms with Gasteiger partial charge in [0.2, 0.25) is 0 Å². The highest BCUT2D eigenvalue weighted by Crippen LogP contribution is 2.58. The number of thiophene rings is 1. The summed E-state index contributed by atoms with van der Waals surface area (Å²) in [6, 6.07) is 67.6. The molecule has 1 heteroatoms. The lowest BCUT2D eigenvalue weighted by Crippen LogP contribution is -2.28. The van der Waals surface area contributed by atoms with Gasteiger partial charge < -0.3 is 0 Å². The van der Waals surface area contributed by atoms with Crippen molar-refractivity contribution < 1.29 is 0 Å². The van der Waals surface area contributed by atoms with E-state index in [2.05, 4.69) is 195 Å². The highest BCUT2D eigenvalue weighted by Gasteiger charge is 2.47. The fourth-order valence-corrected chi connectivity index (χ4v) is 10.0. The Hall–Kier alpha value is -6.02. The predicted molar refractivity (Wildman–Crippen MR) is 223 cm³/mol. The topological polar surface area (TPSA) is 0 Å². The lowest BCUT2D eigenvalue weighted by molar-refractivity contribution is 0.768. The van der Waals surface area contributed by atoms with Crippen LogP contribution in [-0.4, -0.2) is 0 Å². The molecule has 1 aliphatic rings. The van der Waals surface area contributed by atoms with E-state index in [0.717, 1.165) is 6.42 Å². The van der Waals surface area contributed by atoms with E-state index in [0.29, 0.717) is 0 Å². The third-order valence-corrected chi connectivity index (χ3v) is 12.2. The van der Waals surface area contributed by atoms with Crippen molar-refractivity contribution in [3.8, 4) is 11.1 Å². The van der Waals surface area contributed by atoms with Crippen LogP contribution < -0.4 is 0 Å².